The Morgan fingerprint density at radius 3 is 2.51 bits per heavy atom. The second kappa shape index (κ2) is 10.0. The van der Waals surface area contributed by atoms with Crippen LogP contribution in [-0.4, -0.2) is 31.6 Å². The molecule has 188 valence electrons. The second-order valence-corrected chi connectivity index (χ2v) is 9.40. The molecule has 2 aromatic carbocycles. The number of rotatable bonds is 7. The van der Waals surface area contributed by atoms with Crippen LogP contribution in [0.15, 0.2) is 79.0 Å². The molecular weight excluding hydrogens is 486 g/mol. The van der Waals surface area contributed by atoms with Gasteiger partial charge < -0.3 is 19.5 Å². The van der Waals surface area contributed by atoms with Gasteiger partial charge in [0, 0.05) is 36.3 Å². The maximum atomic E-state index is 11.5. The fraction of sp³-hybridized carbons (Fsp3) is 0.214. The highest BCUT2D eigenvalue weighted by Crippen LogP contribution is 2.43. The van der Waals surface area contributed by atoms with Crippen molar-refractivity contribution >= 4 is 23.0 Å². The molecule has 2 atom stereocenters. The van der Waals surface area contributed by atoms with Crippen LogP contribution in [0.25, 0.3) is 5.69 Å². The largest absolute Gasteiger partial charge is 0.495 e. The number of methoxy groups -OCH3 is 1. The molecule has 1 N–H and O–H groups in total. The van der Waals surface area contributed by atoms with Crippen molar-refractivity contribution < 1.29 is 9.66 Å². The number of thiocarbonyl (C=S) groups is 1. The molecule has 0 amide bonds. The highest BCUT2D eigenvalue weighted by molar-refractivity contribution is 7.80. The predicted octanol–water partition coefficient (Wildman–Crippen LogP) is 5.58. The molecule has 8 nitrogen and oxygen atoms in total. The minimum atomic E-state index is -0.393. The first kappa shape index (κ1) is 24.5. The number of aryl methyl sites for hydroxylation is 1. The van der Waals surface area contributed by atoms with Crippen molar-refractivity contribution in [3.8, 4) is 11.4 Å². The van der Waals surface area contributed by atoms with Gasteiger partial charge in [-0.15, -0.1) is 0 Å². The summed E-state index contributed by atoms with van der Waals surface area (Å²) in [7, 11) is 1.57. The molecule has 1 fully saturated rings. The lowest BCUT2D eigenvalue weighted by Gasteiger charge is -2.28. The molecule has 1 saturated heterocycles. The van der Waals surface area contributed by atoms with E-state index >= 15 is 0 Å². The van der Waals surface area contributed by atoms with E-state index in [0.29, 0.717) is 23.1 Å². The van der Waals surface area contributed by atoms with Crippen LogP contribution in [0.5, 0.6) is 5.75 Å². The molecule has 0 radical (unpaired) electrons. The number of aromatic nitrogens is 2. The normalized spacial score (nSPS) is 17.1. The number of hydrogen-bond donors (Lipinski definition) is 1. The third-order valence-electron chi connectivity index (χ3n) is 6.80. The van der Waals surface area contributed by atoms with E-state index in [4.69, 9.17) is 17.0 Å². The SMILES string of the molecule is COc1ccc([N+](=O)[O-])cc1-n1c(C)cc([C@@H]2[C@H](c3ccccn3)NC(=S)N2Cc2ccccc2)c1C. The molecule has 0 spiro atoms. The highest BCUT2D eigenvalue weighted by atomic mass is 32.1. The van der Waals surface area contributed by atoms with Gasteiger partial charge in [0.1, 0.15) is 5.75 Å². The molecule has 9 heteroatoms. The lowest BCUT2D eigenvalue weighted by atomic mass is 9.96. The average Bonchev–Trinajstić information content (AvgIpc) is 3.39. The van der Waals surface area contributed by atoms with Crippen molar-refractivity contribution in [2.45, 2.75) is 32.5 Å². The van der Waals surface area contributed by atoms with Crippen molar-refractivity contribution in [3.63, 3.8) is 0 Å². The Bertz CT molecular complexity index is 1460. The molecule has 37 heavy (non-hydrogen) atoms. The molecule has 0 aliphatic carbocycles. The van der Waals surface area contributed by atoms with Crippen LogP contribution in [0.2, 0.25) is 0 Å². The molecular formula is C28H27N5O3S. The minimum absolute atomic E-state index is 0.00521. The summed E-state index contributed by atoms with van der Waals surface area (Å²) in [5, 5.41) is 15.7. The summed E-state index contributed by atoms with van der Waals surface area (Å²) in [4.78, 5) is 18.0. The highest BCUT2D eigenvalue weighted by Gasteiger charge is 2.41. The van der Waals surface area contributed by atoms with Crippen LogP contribution in [-0.2, 0) is 6.54 Å². The van der Waals surface area contributed by atoms with Gasteiger partial charge in [-0.2, -0.15) is 0 Å². The Balaban J connectivity index is 1.66. The fourth-order valence-electron chi connectivity index (χ4n) is 5.12. The number of ether oxygens (including phenoxy) is 1. The Hall–Kier alpha value is -4.24. The lowest BCUT2D eigenvalue weighted by molar-refractivity contribution is -0.384. The van der Waals surface area contributed by atoms with Crippen LogP contribution >= 0.6 is 12.2 Å². The topological polar surface area (TPSA) is 85.5 Å². The zero-order chi connectivity index (χ0) is 26.1. The van der Waals surface area contributed by atoms with Crippen LogP contribution in [0.3, 0.4) is 0 Å². The Morgan fingerprint density at radius 1 is 1.08 bits per heavy atom. The summed E-state index contributed by atoms with van der Waals surface area (Å²) in [6, 6.07) is 22.5. The van der Waals surface area contributed by atoms with Gasteiger partial charge in [0.05, 0.1) is 35.5 Å². The van der Waals surface area contributed by atoms with Gasteiger partial charge >= 0.3 is 0 Å². The van der Waals surface area contributed by atoms with E-state index in [1.54, 1.807) is 25.4 Å². The van der Waals surface area contributed by atoms with E-state index in [1.165, 1.54) is 6.07 Å². The van der Waals surface area contributed by atoms with Gasteiger partial charge in [0.2, 0.25) is 0 Å². The van der Waals surface area contributed by atoms with Crippen LogP contribution in [0, 0.1) is 24.0 Å². The number of hydrogen-bond acceptors (Lipinski definition) is 5. The van der Waals surface area contributed by atoms with E-state index < -0.39 is 4.92 Å². The summed E-state index contributed by atoms with van der Waals surface area (Å²) in [6.07, 6.45) is 1.79. The van der Waals surface area contributed by atoms with E-state index in [2.05, 4.69) is 33.4 Å². The van der Waals surface area contributed by atoms with Crippen LogP contribution < -0.4 is 10.1 Å². The quantitative estimate of drug-likeness (QED) is 0.196. The maximum Gasteiger partial charge on any atom is 0.271 e. The molecule has 1 aliphatic heterocycles. The average molecular weight is 514 g/mol. The van der Waals surface area contributed by atoms with Crippen molar-refractivity contribution in [1.29, 1.82) is 0 Å². The zero-order valence-corrected chi connectivity index (χ0v) is 21.6. The van der Waals surface area contributed by atoms with Crippen molar-refractivity contribution in [2.24, 2.45) is 0 Å². The summed E-state index contributed by atoms with van der Waals surface area (Å²) in [6.45, 7) is 4.65. The third kappa shape index (κ3) is 4.53. The first-order chi connectivity index (χ1) is 17.9. The molecule has 0 unspecified atom stereocenters. The third-order valence-corrected chi connectivity index (χ3v) is 7.15. The van der Waals surface area contributed by atoms with Crippen LogP contribution in [0.1, 0.15) is 40.3 Å². The van der Waals surface area contributed by atoms with Crippen molar-refractivity contribution in [3.05, 3.63) is 117 Å². The van der Waals surface area contributed by atoms with E-state index in [9.17, 15) is 10.1 Å². The van der Waals surface area contributed by atoms with E-state index in [1.807, 2.05) is 54.8 Å². The van der Waals surface area contributed by atoms with E-state index in [-0.39, 0.29) is 17.8 Å². The molecule has 5 rings (SSSR count). The van der Waals surface area contributed by atoms with Crippen LogP contribution in [0.4, 0.5) is 5.69 Å². The molecule has 1 aliphatic rings. The molecule has 0 saturated carbocycles. The number of nitrogens with zero attached hydrogens (tertiary/aromatic N) is 4. The van der Waals surface area contributed by atoms with Crippen molar-refractivity contribution in [2.75, 3.05) is 7.11 Å². The van der Waals surface area contributed by atoms with Gasteiger partial charge in [-0.1, -0.05) is 36.4 Å². The lowest BCUT2D eigenvalue weighted by Crippen LogP contribution is -2.29. The zero-order valence-electron chi connectivity index (χ0n) is 20.8. The predicted molar refractivity (Wildman–Crippen MR) is 146 cm³/mol. The number of nitro groups is 1. The molecule has 0 bridgehead atoms. The van der Waals surface area contributed by atoms with Gasteiger partial charge in [0.15, 0.2) is 5.11 Å². The summed E-state index contributed by atoms with van der Waals surface area (Å²) >= 11 is 5.84. The Labute approximate surface area is 220 Å². The second-order valence-electron chi connectivity index (χ2n) is 9.02. The first-order valence-electron chi connectivity index (χ1n) is 11.9. The number of nitrogens with one attached hydrogen (secondary N) is 1. The molecule has 3 heterocycles. The van der Waals surface area contributed by atoms with E-state index in [0.717, 1.165) is 28.2 Å². The maximum absolute atomic E-state index is 11.5. The van der Waals surface area contributed by atoms with Gasteiger partial charge in [-0.05, 0) is 61.5 Å². The fourth-order valence-corrected chi connectivity index (χ4v) is 5.42. The standard InChI is InChI=1S/C28H27N5O3S/c1-18-15-22(19(2)32(18)24-16-21(33(34)35)12-13-25(24)36-3)27-26(23-11-7-8-14-29-23)30-28(37)31(27)17-20-9-5-4-6-10-20/h4-16,26-27H,17H2,1-3H3,(H,30,37)/t26-,27+/m0/s1. The number of nitro benzene ring substituents is 1. The van der Waals surface area contributed by atoms with Crippen molar-refractivity contribution in [1.82, 2.24) is 19.8 Å². The summed E-state index contributed by atoms with van der Waals surface area (Å²) < 4.78 is 7.60. The Morgan fingerprint density at radius 2 is 1.84 bits per heavy atom. The monoisotopic (exact) mass is 513 g/mol. The van der Waals surface area contributed by atoms with Gasteiger partial charge in [0.25, 0.3) is 5.69 Å². The summed E-state index contributed by atoms with van der Waals surface area (Å²) in [5.41, 5.74) is 5.61. The number of pyridine rings is 1. The molecule has 2 aromatic heterocycles. The number of benzene rings is 2. The van der Waals surface area contributed by atoms with Gasteiger partial charge in [-0.25, -0.2) is 0 Å². The number of non-ortho nitro benzene ring substituents is 1. The molecule has 4 aromatic rings. The first-order valence-corrected chi connectivity index (χ1v) is 12.3. The Kier molecular flexibility index (Phi) is 6.62. The van der Waals surface area contributed by atoms with Gasteiger partial charge in [-0.3, -0.25) is 15.1 Å². The minimum Gasteiger partial charge on any atom is -0.495 e. The smallest absolute Gasteiger partial charge is 0.271 e. The summed E-state index contributed by atoms with van der Waals surface area (Å²) in [5.74, 6) is 0.557.